The van der Waals surface area contributed by atoms with Crippen molar-refractivity contribution in [1.82, 2.24) is 4.98 Å². The maximum absolute atomic E-state index is 12.0. The van der Waals surface area contributed by atoms with Crippen LogP contribution in [0, 0.1) is 0 Å². The molecule has 0 saturated carbocycles. The largest absolute Gasteiger partial charge is 0.274 e. The van der Waals surface area contributed by atoms with Crippen molar-refractivity contribution in [2.75, 3.05) is 16.4 Å². The number of carbonyl (C=O) groups excluding carboxylic acids is 2. The monoisotopic (exact) mass is 270 g/mol. The van der Waals surface area contributed by atoms with Gasteiger partial charge in [0.2, 0.25) is 0 Å². The van der Waals surface area contributed by atoms with Crippen LogP contribution in [0.5, 0.6) is 0 Å². The highest BCUT2D eigenvalue weighted by Gasteiger charge is 2.42. The molecular formula is C9H6N2O2S3. The van der Waals surface area contributed by atoms with Gasteiger partial charge >= 0.3 is 0 Å². The van der Waals surface area contributed by atoms with Crippen molar-refractivity contribution in [3.05, 3.63) is 21.4 Å². The van der Waals surface area contributed by atoms with E-state index < -0.39 is 0 Å². The Bertz CT molecular complexity index is 467. The summed E-state index contributed by atoms with van der Waals surface area (Å²) in [5.41, 5.74) is 0. The number of hydrogen-bond acceptors (Lipinski definition) is 6. The van der Waals surface area contributed by atoms with Crippen LogP contribution >= 0.6 is 34.9 Å². The van der Waals surface area contributed by atoms with Crippen molar-refractivity contribution in [3.63, 3.8) is 0 Å². The fraction of sp³-hybridized carbons (Fsp3) is 0.222. The fourth-order valence-corrected chi connectivity index (χ4v) is 4.46. The lowest BCUT2D eigenvalue weighted by Crippen LogP contribution is -2.30. The lowest BCUT2D eigenvalue weighted by molar-refractivity contribution is -0.120. The molecule has 0 N–H and O–H groups in total. The average Bonchev–Trinajstić information content (AvgIpc) is 2.89. The van der Waals surface area contributed by atoms with E-state index in [9.17, 15) is 9.59 Å². The highest BCUT2D eigenvalue weighted by molar-refractivity contribution is 8.11. The number of hydrogen-bond donors (Lipinski definition) is 0. The first-order chi connectivity index (χ1) is 7.79. The Kier molecular flexibility index (Phi) is 2.53. The molecule has 7 heteroatoms. The van der Waals surface area contributed by atoms with Crippen molar-refractivity contribution in [3.8, 4) is 0 Å². The zero-order valence-corrected chi connectivity index (χ0v) is 10.5. The van der Waals surface area contributed by atoms with Gasteiger partial charge in [-0.3, -0.25) is 9.59 Å². The fourth-order valence-electron chi connectivity index (χ4n) is 1.53. The molecule has 0 radical (unpaired) electrons. The standard InChI is InChI=1S/C9H6N2O2S3/c12-7-5-6(15-4-3-14-5)8(13)11(7)9-10-1-2-16-9/h1-2H,3-4H2. The third-order valence-corrected chi connectivity index (χ3v) is 5.48. The molecular weight excluding hydrogens is 264 g/mol. The zero-order valence-electron chi connectivity index (χ0n) is 8.00. The van der Waals surface area contributed by atoms with E-state index in [0.717, 1.165) is 11.5 Å². The molecule has 0 unspecified atom stereocenters. The normalized spacial score (nSPS) is 20.6. The van der Waals surface area contributed by atoms with Crippen LogP contribution in [-0.2, 0) is 9.59 Å². The number of imide groups is 1. The molecule has 1 aromatic heterocycles. The third kappa shape index (κ3) is 1.42. The van der Waals surface area contributed by atoms with Gasteiger partial charge in [-0.1, -0.05) is 0 Å². The number of carbonyl (C=O) groups is 2. The van der Waals surface area contributed by atoms with Crippen molar-refractivity contribution in [1.29, 1.82) is 0 Å². The number of aromatic nitrogens is 1. The van der Waals surface area contributed by atoms with Gasteiger partial charge in [0.15, 0.2) is 5.13 Å². The second-order valence-electron chi connectivity index (χ2n) is 3.12. The summed E-state index contributed by atoms with van der Waals surface area (Å²) in [4.78, 5) is 30.4. The lowest BCUT2D eigenvalue weighted by Gasteiger charge is -2.09. The molecule has 3 heterocycles. The summed E-state index contributed by atoms with van der Waals surface area (Å²) in [5.74, 6) is 1.34. The van der Waals surface area contributed by atoms with Crippen molar-refractivity contribution in [2.24, 2.45) is 0 Å². The molecule has 0 saturated heterocycles. The summed E-state index contributed by atoms with van der Waals surface area (Å²) in [5, 5.41) is 2.22. The highest BCUT2D eigenvalue weighted by Crippen LogP contribution is 2.42. The van der Waals surface area contributed by atoms with Crippen molar-refractivity contribution >= 4 is 51.8 Å². The average molecular weight is 270 g/mol. The van der Waals surface area contributed by atoms with Gasteiger partial charge in [-0.05, 0) is 0 Å². The van der Waals surface area contributed by atoms with E-state index in [0.29, 0.717) is 14.9 Å². The SMILES string of the molecule is O=C1C2=C(SCCS2)C(=O)N1c1nccs1. The van der Waals surface area contributed by atoms with Crippen LogP contribution in [-0.4, -0.2) is 28.3 Å². The Morgan fingerprint density at radius 1 is 1.12 bits per heavy atom. The second kappa shape index (κ2) is 3.90. The first-order valence-electron chi connectivity index (χ1n) is 4.57. The van der Waals surface area contributed by atoms with Gasteiger partial charge in [-0.15, -0.1) is 34.9 Å². The van der Waals surface area contributed by atoms with E-state index in [1.165, 1.54) is 39.8 Å². The molecule has 0 spiro atoms. The molecule has 3 rings (SSSR count). The quantitative estimate of drug-likeness (QED) is 0.727. The topological polar surface area (TPSA) is 50.3 Å². The Morgan fingerprint density at radius 2 is 1.75 bits per heavy atom. The van der Waals surface area contributed by atoms with Crippen LogP contribution in [0.2, 0.25) is 0 Å². The van der Waals surface area contributed by atoms with Crippen molar-refractivity contribution < 1.29 is 9.59 Å². The lowest BCUT2D eigenvalue weighted by atomic mass is 10.5. The Labute approximate surface area is 104 Å². The van der Waals surface area contributed by atoms with E-state index in [1.807, 2.05) is 0 Å². The summed E-state index contributed by atoms with van der Waals surface area (Å²) < 4.78 is 0. The van der Waals surface area contributed by atoms with Gasteiger partial charge in [0.05, 0.1) is 9.81 Å². The maximum Gasteiger partial charge on any atom is 0.274 e. The summed E-state index contributed by atoms with van der Waals surface area (Å²) in [6, 6.07) is 0. The minimum Gasteiger partial charge on any atom is -0.267 e. The Hall–Kier alpha value is -0.790. The van der Waals surface area contributed by atoms with Gasteiger partial charge in [0.25, 0.3) is 11.8 Å². The predicted molar refractivity (Wildman–Crippen MR) is 66.5 cm³/mol. The van der Waals surface area contributed by atoms with Crippen LogP contribution in [0.3, 0.4) is 0 Å². The molecule has 0 fully saturated rings. The van der Waals surface area contributed by atoms with Gasteiger partial charge in [0.1, 0.15) is 0 Å². The first-order valence-corrected chi connectivity index (χ1v) is 7.42. The highest BCUT2D eigenvalue weighted by atomic mass is 32.2. The van der Waals surface area contributed by atoms with Crippen LogP contribution in [0.25, 0.3) is 0 Å². The van der Waals surface area contributed by atoms with Crippen LogP contribution in [0.15, 0.2) is 21.4 Å². The Balaban J connectivity index is 2.02. The van der Waals surface area contributed by atoms with Gasteiger partial charge in [-0.2, -0.15) is 0 Å². The Morgan fingerprint density at radius 3 is 2.25 bits per heavy atom. The number of thiazole rings is 1. The third-order valence-electron chi connectivity index (χ3n) is 2.19. The van der Waals surface area contributed by atoms with Crippen molar-refractivity contribution in [2.45, 2.75) is 0 Å². The molecule has 82 valence electrons. The van der Waals surface area contributed by atoms with E-state index in [2.05, 4.69) is 4.98 Å². The number of thioether (sulfide) groups is 2. The molecule has 2 aliphatic rings. The van der Waals surface area contributed by atoms with Gasteiger partial charge < -0.3 is 0 Å². The number of nitrogens with zero attached hydrogens (tertiary/aromatic N) is 2. The molecule has 1 aromatic rings. The van der Waals surface area contributed by atoms with Crippen LogP contribution in [0.1, 0.15) is 0 Å². The maximum atomic E-state index is 12.0. The number of anilines is 1. The van der Waals surface area contributed by atoms with E-state index >= 15 is 0 Å². The zero-order chi connectivity index (χ0) is 11.1. The molecule has 0 bridgehead atoms. The van der Waals surface area contributed by atoms with Gasteiger partial charge in [-0.25, -0.2) is 9.88 Å². The smallest absolute Gasteiger partial charge is 0.267 e. The van der Waals surface area contributed by atoms with E-state index in [-0.39, 0.29) is 11.8 Å². The molecule has 2 aliphatic heterocycles. The molecule has 16 heavy (non-hydrogen) atoms. The molecule has 0 atom stereocenters. The minimum atomic E-state index is -0.216. The number of amides is 2. The summed E-state index contributed by atoms with van der Waals surface area (Å²) in [6.45, 7) is 0. The van der Waals surface area contributed by atoms with E-state index in [1.54, 1.807) is 11.6 Å². The second-order valence-corrected chi connectivity index (χ2v) is 6.20. The molecule has 0 aliphatic carbocycles. The number of rotatable bonds is 1. The van der Waals surface area contributed by atoms with Crippen LogP contribution < -0.4 is 4.90 Å². The van der Waals surface area contributed by atoms with Crippen LogP contribution in [0.4, 0.5) is 5.13 Å². The summed E-state index contributed by atoms with van der Waals surface area (Å²) >= 11 is 4.24. The molecule has 2 amide bonds. The summed E-state index contributed by atoms with van der Waals surface area (Å²) in [6.07, 6.45) is 1.60. The predicted octanol–water partition coefficient (Wildman–Crippen LogP) is 1.71. The summed E-state index contributed by atoms with van der Waals surface area (Å²) in [7, 11) is 0. The molecule has 0 aromatic carbocycles. The molecule has 4 nitrogen and oxygen atoms in total. The van der Waals surface area contributed by atoms with Gasteiger partial charge in [0, 0.05) is 23.1 Å². The minimum absolute atomic E-state index is 0.216. The first kappa shape index (κ1) is 10.4. The van der Waals surface area contributed by atoms with E-state index in [4.69, 9.17) is 0 Å².